The largest absolute Gasteiger partial charge is 0.495 e. The van der Waals surface area contributed by atoms with Crippen LogP contribution in [0.1, 0.15) is 18.4 Å². The van der Waals surface area contributed by atoms with E-state index in [4.69, 9.17) is 4.74 Å². The van der Waals surface area contributed by atoms with E-state index in [9.17, 15) is 4.79 Å². The molecule has 0 unspecified atom stereocenters. The van der Waals surface area contributed by atoms with E-state index in [0.717, 1.165) is 18.4 Å². The Kier molecular flexibility index (Phi) is 4.28. The van der Waals surface area contributed by atoms with Gasteiger partial charge in [0, 0.05) is 12.6 Å². The summed E-state index contributed by atoms with van der Waals surface area (Å²) in [5, 5.41) is 2.97. The van der Waals surface area contributed by atoms with E-state index in [1.165, 1.54) is 0 Å². The summed E-state index contributed by atoms with van der Waals surface area (Å²) >= 11 is 0. The van der Waals surface area contributed by atoms with Gasteiger partial charge in [-0.1, -0.05) is 42.5 Å². The molecular formula is C18H20N2O2. The van der Waals surface area contributed by atoms with Crippen LogP contribution in [0, 0.1) is 0 Å². The van der Waals surface area contributed by atoms with Crippen LogP contribution in [0.2, 0.25) is 0 Å². The number of hydrogen-bond acceptors (Lipinski definition) is 2. The summed E-state index contributed by atoms with van der Waals surface area (Å²) in [6.45, 7) is 0.631. The molecular weight excluding hydrogens is 276 g/mol. The van der Waals surface area contributed by atoms with Gasteiger partial charge in [0.05, 0.1) is 12.8 Å². The molecule has 4 heteroatoms. The van der Waals surface area contributed by atoms with Gasteiger partial charge in [0.15, 0.2) is 0 Å². The fraction of sp³-hybridized carbons (Fsp3) is 0.278. The van der Waals surface area contributed by atoms with E-state index in [-0.39, 0.29) is 6.03 Å². The van der Waals surface area contributed by atoms with E-state index in [0.29, 0.717) is 24.0 Å². The number of nitrogens with one attached hydrogen (secondary N) is 1. The Morgan fingerprint density at radius 2 is 1.82 bits per heavy atom. The first-order chi connectivity index (χ1) is 10.8. The van der Waals surface area contributed by atoms with Crippen LogP contribution in [0.5, 0.6) is 5.75 Å². The molecule has 3 rings (SSSR count). The normalized spacial score (nSPS) is 13.5. The van der Waals surface area contributed by atoms with E-state index in [1.54, 1.807) is 7.11 Å². The second-order valence-electron chi connectivity index (χ2n) is 5.48. The van der Waals surface area contributed by atoms with Crippen molar-refractivity contribution in [3.05, 3.63) is 60.2 Å². The summed E-state index contributed by atoms with van der Waals surface area (Å²) < 4.78 is 5.29. The fourth-order valence-electron chi connectivity index (χ4n) is 2.47. The van der Waals surface area contributed by atoms with Crippen LogP contribution in [0.25, 0.3) is 0 Å². The second-order valence-corrected chi connectivity index (χ2v) is 5.48. The molecule has 4 nitrogen and oxygen atoms in total. The third-order valence-corrected chi connectivity index (χ3v) is 3.79. The molecule has 1 N–H and O–H groups in total. The smallest absolute Gasteiger partial charge is 0.322 e. The number of urea groups is 1. The zero-order chi connectivity index (χ0) is 15.4. The summed E-state index contributed by atoms with van der Waals surface area (Å²) in [4.78, 5) is 14.5. The molecule has 2 amide bonds. The van der Waals surface area contributed by atoms with E-state index in [1.807, 2.05) is 59.5 Å². The summed E-state index contributed by atoms with van der Waals surface area (Å²) in [5.74, 6) is 0.673. The number of carbonyl (C=O) groups excluding carboxylic acids is 1. The summed E-state index contributed by atoms with van der Waals surface area (Å²) in [6, 6.07) is 17.8. The number of amides is 2. The SMILES string of the molecule is COc1ccccc1NC(=O)N(Cc1ccccc1)C1CC1. The Labute approximate surface area is 130 Å². The molecule has 0 heterocycles. The van der Waals surface area contributed by atoms with Gasteiger partial charge in [-0.25, -0.2) is 4.79 Å². The maximum atomic E-state index is 12.6. The lowest BCUT2D eigenvalue weighted by Crippen LogP contribution is -2.36. The molecule has 0 spiro atoms. The van der Waals surface area contributed by atoms with Gasteiger partial charge >= 0.3 is 6.03 Å². The van der Waals surface area contributed by atoms with Crippen LogP contribution in [0.4, 0.5) is 10.5 Å². The number of methoxy groups -OCH3 is 1. The number of rotatable bonds is 5. The van der Waals surface area contributed by atoms with Crippen molar-refractivity contribution in [3.8, 4) is 5.75 Å². The number of benzene rings is 2. The van der Waals surface area contributed by atoms with Crippen LogP contribution >= 0.6 is 0 Å². The number of carbonyl (C=O) groups is 1. The van der Waals surface area contributed by atoms with E-state index < -0.39 is 0 Å². The van der Waals surface area contributed by atoms with Crippen LogP contribution in [0.3, 0.4) is 0 Å². The minimum absolute atomic E-state index is 0.0733. The average molecular weight is 296 g/mol. The zero-order valence-electron chi connectivity index (χ0n) is 12.7. The first kappa shape index (κ1) is 14.4. The van der Waals surface area contributed by atoms with Crippen molar-refractivity contribution in [1.29, 1.82) is 0 Å². The number of ether oxygens (including phenoxy) is 1. The van der Waals surface area contributed by atoms with Gasteiger partial charge in [0.2, 0.25) is 0 Å². The number of anilines is 1. The molecule has 2 aromatic rings. The lowest BCUT2D eigenvalue weighted by molar-refractivity contribution is 0.206. The molecule has 1 aliphatic carbocycles. The first-order valence-electron chi connectivity index (χ1n) is 7.52. The van der Waals surface area contributed by atoms with Crippen LogP contribution < -0.4 is 10.1 Å². The lowest BCUT2D eigenvalue weighted by Gasteiger charge is -2.23. The predicted octanol–water partition coefficient (Wildman–Crippen LogP) is 3.89. The van der Waals surface area contributed by atoms with Crippen molar-refractivity contribution in [1.82, 2.24) is 4.90 Å². The standard InChI is InChI=1S/C18H20N2O2/c1-22-17-10-6-5-9-16(17)19-18(21)20(15-11-12-15)13-14-7-3-2-4-8-14/h2-10,15H,11-13H2,1H3,(H,19,21). The Morgan fingerprint density at radius 1 is 1.14 bits per heavy atom. The molecule has 0 atom stereocenters. The highest BCUT2D eigenvalue weighted by Gasteiger charge is 2.32. The topological polar surface area (TPSA) is 41.6 Å². The molecule has 22 heavy (non-hydrogen) atoms. The zero-order valence-corrected chi connectivity index (χ0v) is 12.7. The highest BCUT2D eigenvalue weighted by Crippen LogP contribution is 2.30. The van der Waals surface area contributed by atoms with Crippen LogP contribution in [-0.4, -0.2) is 24.1 Å². The van der Waals surface area contributed by atoms with Crippen molar-refractivity contribution in [3.63, 3.8) is 0 Å². The molecule has 114 valence electrons. The van der Waals surface area contributed by atoms with Gasteiger partial charge in [-0.15, -0.1) is 0 Å². The molecule has 1 saturated carbocycles. The maximum absolute atomic E-state index is 12.6. The van der Waals surface area contributed by atoms with Gasteiger partial charge < -0.3 is 15.0 Å². The first-order valence-corrected chi connectivity index (χ1v) is 7.52. The van der Waals surface area contributed by atoms with Gasteiger partial charge in [-0.2, -0.15) is 0 Å². The molecule has 2 aromatic carbocycles. The summed E-state index contributed by atoms with van der Waals surface area (Å²) in [6.07, 6.45) is 2.15. The van der Waals surface area contributed by atoms with E-state index in [2.05, 4.69) is 5.32 Å². The highest BCUT2D eigenvalue weighted by molar-refractivity contribution is 5.91. The van der Waals surface area contributed by atoms with Crippen molar-refractivity contribution in [2.24, 2.45) is 0 Å². The van der Waals surface area contributed by atoms with Gasteiger partial charge in [0.25, 0.3) is 0 Å². The highest BCUT2D eigenvalue weighted by atomic mass is 16.5. The molecule has 1 fully saturated rings. The average Bonchev–Trinajstić information content (AvgIpc) is 3.39. The minimum atomic E-state index is -0.0733. The second kappa shape index (κ2) is 6.52. The predicted molar refractivity (Wildman–Crippen MR) is 87.0 cm³/mol. The Balaban J connectivity index is 1.73. The third kappa shape index (κ3) is 3.39. The quantitative estimate of drug-likeness (QED) is 0.909. The number of nitrogens with zero attached hydrogens (tertiary/aromatic N) is 1. The summed E-state index contributed by atoms with van der Waals surface area (Å²) in [5.41, 5.74) is 1.85. The molecule has 0 radical (unpaired) electrons. The maximum Gasteiger partial charge on any atom is 0.322 e. The fourth-order valence-corrected chi connectivity index (χ4v) is 2.47. The van der Waals surface area contributed by atoms with Crippen molar-refractivity contribution >= 4 is 11.7 Å². The molecule has 0 bridgehead atoms. The summed E-state index contributed by atoms with van der Waals surface area (Å²) in [7, 11) is 1.60. The van der Waals surface area contributed by atoms with Gasteiger partial charge in [0.1, 0.15) is 5.75 Å². The number of para-hydroxylation sites is 2. The van der Waals surface area contributed by atoms with Gasteiger partial charge in [-0.3, -0.25) is 0 Å². The monoisotopic (exact) mass is 296 g/mol. The van der Waals surface area contributed by atoms with Crippen molar-refractivity contribution in [2.75, 3.05) is 12.4 Å². The van der Waals surface area contributed by atoms with Crippen molar-refractivity contribution < 1.29 is 9.53 Å². The lowest BCUT2D eigenvalue weighted by atomic mass is 10.2. The van der Waals surface area contributed by atoms with Crippen molar-refractivity contribution in [2.45, 2.75) is 25.4 Å². The Bertz CT molecular complexity index is 639. The third-order valence-electron chi connectivity index (χ3n) is 3.79. The van der Waals surface area contributed by atoms with Gasteiger partial charge in [-0.05, 0) is 30.5 Å². The van der Waals surface area contributed by atoms with Crippen LogP contribution in [-0.2, 0) is 6.54 Å². The molecule has 1 aliphatic rings. The minimum Gasteiger partial charge on any atom is -0.495 e. The molecule has 0 saturated heterocycles. The molecule has 0 aromatic heterocycles. The Hall–Kier alpha value is -2.49. The molecule has 0 aliphatic heterocycles. The number of hydrogen-bond donors (Lipinski definition) is 1. The van der Waals surface area contributed by atoms with Crippen LogP contribution in [0.15, 0.2) is 54.6 Å². The Morgan fingerprint density at radius 3 is 2.50 bits per heavy atom. The van der Waals surface area contributed by atoms with E-state index >= 15 is 0 Å².